The highest BCUT2D eigenvalue weighted by Gasteiger charge is 2.17. The van der Waals surface area contributed by atoms with Gasteiger partial charge in [0.25, 0.3) is 11.4 Å². The number of benzene rings is 1. The average molecular weight is 221 g/mol. The van der Waals surface area contributed by atoms with E-state index in [0.29, 0.717) is 17.0 Å². The molecular weight excluding hydrogens is 214 g/mol. The van der Waals surface area contributed by atoms with E-state index in [9.17, 15) is 15.3 Å². The molecule has 0 aliphatic heterocycles. The number of hydrogen-bond donors (Lipinski definition) is 0. The minimum absolute atomic E-state index is 0.0140. The van der Waals surface area contributed by atoms with Crippen LogP contribution in [0.1, 0.15) is 5.69 Å². The van der Waals surface area contributed by atoms with Crippen molar-refractivity contribution < 1.29 is 14.5 Å². The number of rotatable bonds is 2. The summed E-state index contributed by atoms with van der Waals surface area (Å²) >= 11 is 0. The highest BCUT2D eigenvalue weighted by molar-refractivity contribution is 5.61. The Morgan fingerprint density at radius 1 is 1.38 bits per heavy atom. The summed E-state index contributed by atoms with van der Waals surface area (Å²) in [6.45, 7) is 1.56. The predicted molar refractivity (Wildman–Crippen MR) is 52.3 cm³/mol. The smallest absolute Gasteiger partial charge is 0.269 e. The molecule has 0 radical (unpaired) electrons. The zero-order chi connectivity index (χ0) is 11.7. The van der Waals surface area contributed by atoms with Crippen molar-refractivity contribution in [2.24, 2.45) is 0 Å². The molecular formula is C9H7N3O4. The van der Waals surface area contributed by atoms with Crippen LogP contribution in [0.2, 0.25) is 0 Å². The van der Waals surface area contributed by atoms with Crippen LogP contribution in [-0.4, -0.2) is 10.1 Å². The molecule has 0 fully saturated rings. The number of nitrogens with zero attached hydrogens (tertiary/aromatic N) is 3. The minimum atomic E-state index is -0.493. The molecule has 0 aliphatic carbocycles. The van der Waals surface area contributed by atoms with Gasteiger partial charge in [-0.1, -0.05) is 0 Å². The Morgan fingerprint density at radius 3 is 2.44 bits per heavy atom. The van der Waals surface area contributed by atoms with Crippen molar-refractivity contribution in [2.75, 3.05) is 0 Å². The van der Waals surface area contributed by atoms with Crippen molar-refractivity contribution >= 4 is 5.69 Å². The van der Waals surface area contributed by atoms with Crippen LogP contribution in [0.15, 0.2) is 28.9 Å². The maximum absolute atomic E-state index is 11.0. The van der Waals surface area contributed by atoms with E-state index in [1.165, 1.54) is 24.3 Å². The van der Waals surface area contributed by atoms with E-state index >= 15 is 0 Å². The van der Waals surface area contributed by atoms with Crippen LogP contribution in [0, 0.1) is 22.2 Å². The second-order valence-electron chi connectivity index (χ2n) is 3.17. The van der Waals surface area contributed by atoms with Gasteiger partial charge in [0, 0.05) is 29.8 Å². The second kappa shape index (κ2) is 3.61. The normalized spacial score (nSPS) is 10.3. The molecule has 16 heavy (non-hydrogen) atoms. The molecule has 0 spiro atoms. The van der Waals surface area contributed by atoms with Gasteiger partial charge >= 0.3 is 0 Å². The Morgan fingerprint density at radius 2 is 2.00 bits per heavy atom. The van der Waals surface area contributed by atoms with E-state index in [0.717, 1.165) is 0 Å². The molecule has 0 atom stereocenters. The van der Waals surface area contributed by atoms with Crippen molar-refractivity contribution in [3.8, 4) is 11.3 Å². The van der Waals surface area contributed by atoms with Gasteiger partial charge in [0.2, 0.25) is 5.69 Å². The largest absolute Gasteiger partial charge is 0.359 e. The topological polar surface area (TPSA) is 96.1 Å². The summed E-state index contributed by atoms with van der Waals surface area (Å²) in [6, 6.07) is 5.73. The van der Waals surface area contributed by atoms with E-state index in [4.69, 9.17) is 0 Å². The highest BCUT2D eigenvalue weighted by atomic mass is 16.8. The van der Waals surface area contributed by atoms with Crippen molar-refractivity contribution in [2.45, 2.75) is 6.92 Å². The minimum Gasteiger partial charge on any atom is -0.359 e. The molecule has 7 nitrogen and oxygen atoms in total. The van der Waals surface area contributed by atoms with Gasteiger partial charge in [0.1, 0.15) is 0 Å². The van der Waals surface area contributed by atoms with E-state index in [1.807, 2.05) is 0 Å². The fraction of sp³-hybridized carbons (Fsp3) is 0.111. The Bertz CT molecular complexity index is 532. The molecule has 0 bridgehead atoms. The second-order valence-corrected chi connectivity index (χ2v) is 3.17. The van der Waals surface area contributed by atoms with Crippen LogP contribution in [-0.2, 0) is 0 Å². The summed E-state index contributed by atoms with van der Waals surface area (Å²) in [7, 11) is 0. The number of nitro groups is 1. The first-order valence-corrected chi connectivity index (χ1v) is 4.41. The zero-order valence-corrected chi connectivity index (χ0v) is 8.28. The summed E-state index contributed by atoms with van der Waals surface area (Å²) in [6.07, 6.45) is 0. The standard InChI is InChI=1S/C9H7N3O4/c1-6-9(10-16-12(6)15)7-2-4-8(5-3-7)11(13)14/h2-5H,1H3. The van der Waals surface area contributed by atoms with Gasteiger partial charge in [0.05, 0.1) is 4.92 Å². The number of aromatic nitrogens is 2. The number of nitro benzene ring substituents is 1. The van der Waals surface area contributed by atoms with Crippen LogP contribution >= 0.6 is 0 Å². The van der Waals surface area contributed by atoms with Crippen LogP contribution in [0.5, 0.6) is 0 Å². The van der Waals surface area contributed by atoms with Gasteiger partial charge in [-0.05, 0) is 17.0 Å². The van der Waals surface area contributed by atoms with E-state index in [2.05, 4.69) is 9.79 Å². The molecule has 1 aromatic heterocycles. The third kappa shape index (κ3) is 1.58. The maximum Gasteiger partial charge on any atom is 0.269 e. The molecule has 1 aromatic carbocycles. The summed E-state index contributed by atoms with van der Waals surface area (Å²) in [5.41, 5.74) is 1.28. The van der Waals surface area contributed by atoms with Crippen molar-refractivity contribution in [1.29, 1.82) is 0 Å². The van der Waals surface area contributed by atoms with E-state index in [-0.39, 0.29) is 10.6 Å². The summed E-state index contributed by atoms with van der Waals surface area (Å²) in [5, 5.41) is 25.0. The molecule has 1 heterocycles. The molecule has 0 N–H and O–H groups in total. The SMILES string of the molecule is Cc1c(-c2ccc([N+](=O)[O-])cc2)no[n+]1[O-]. The Labute approximate surface area is 89.6 Å². The average Bonchev–Trinajstić information content (AvgIpc) is 2.60. The van der Waals surface area contributed by atoms with Gasteiger partial charge in [-0.3, -0.25) is 14.7 Å². The van der Waals surface area contributed by atoms with Gasteiger partial charge in [0.15, 0.2) is 0 Å². The maximum atomic E-state index is 11.0. The van der Waals surface area contributed by atoms with Crippen LogP contribution in [0.3, 0.4) is 0 Å². The van der Waals surface area contributed by atoms with Gasteiger partial charge in [-0.15, -0.1) is 0 Å². The summed E-state index contributed by atoms with van der Waals surface area (Å²) < 4.78 is 4.40. The Kier molecular flexibility index (Phi) is 2.28. The molecule has 0 saturated heterocycles. The van der Waals surface area contributed by atoms with Crippen LogP contribution in [0.4, 0.5) is 5.69 Å². The fourth-order valence-electron chi connectivity index (χ4n) is 1.29. The van der Waals surface area contributed by atoms with Crippen LogP contribution in [0.25, 0.3) is 11.3 Å². The first-order chi connectivity index (χ1) is 7.59. The lowest BCUT2D eigenvalue weighted by Gasteiger charge is -1.93. The predicted octanol–water partition coefficient (Wildman–Crippen LogP) is 1.19. The van der Waals surface area contributed by atoms with Crippen molar-refractivity contribution in [3.63, 3.8) is 0 Å². The molecule has 82 valence electrons. The summed E-state index contributed by atoms with van der Waals surface area (Å²) in [4.78, 5) is 10.2. The molecule has 2 rings (SSSR count). The zero-order valence-electron chi connectivity index (χ0n) is 8.28. The van der Waals surface area contributed by atoms with E-state index in [1.54, 1.807) is 6.92 Å². The van der Waals surface area contributed by atoms with Gasteiger partial charge in [-0.25, -0.2) is 0 Å². The summed E-state index contributed by atoms with van der Waals surface area (Å²) in [5.74, 6) is 0. The molecule has 2 aromatic rings. The lowest BCUT2D eigenvalue weighted by atomic mass is 10.1. The van der Waals surface area contributed by atoms with Crippen molar-refractivity contribution in [1.82, 2.24) is 5.16 Å². The third-order valence-electron chi connectivity index (χ3n) is 2.17. The van der Waals surface area contributed by atoms with Crippen LogP contribution < -0.4 is 4.90 Å². The highest BCUT2D eigenvalue weighted by Crippen LogP contribution is 2.21. The van der Waals surface area contributed by atoms with Crippen molar-refractivity contribution in [3.05, 3.63) is 45.3 Å². The molecule has 0 aliphatic rings. The molecule has 0 unspecified atom stereocenters. The molecule has 7 heteroatoms. The van der Waals surface area contributed by atoms with Gasteiger partial charge in [-0.2, -0.15) is 0 Å². The third-order valence-corrected chi connectivity index (χ3v) is 2.17. The first-order valence-electron chi connectivity index (χ1n) is 4.41. The van der Waals surface area contributed by atoms with E-state index < -0.39 is 4.92 Å². The van der Waals surface area contributed by atoms with Gasteiger partial charge < -0.3 is 5.21 Å². The fourth-order valence-corrected chi connectivity index (χ4v) is 1.29. The molecule has 0 amide bonds. The Hall–Kier alpha value is -2.44. The number of hydrogen-bond acceptors (Lipinski definition) is 5. The lowest BCUT2D eigenvalue weighted by Crippen LogP contribution is -2.25. The first kappa shape index (κ1) is 10.1. The lowest BCUT2D eigenvalue weighted by molar-refractivity contribution is -0.806. The quantitative estimate of drug-likeness (QED) is 0.431. The molecule has 0 saturated carbocycles. The monoisotopic (exact) mass is 221 g/mol. The number of non-ortho nitro benzene ring substituents is 1. The Balaban J connectivity index is 2.42.